The molecule has 74 valence electrons. The number of hydrogen-bond acceptors (Lipinski definition) is 2. The van der Waals surface area contributed by atoms with Crippen LogP contribution in [0.15, 0.2) is 0 Å². The van der Waals surface area contributed by atoms with E-state index in [1.165, 1.54) is 0 Å². The summed E-state index contributed by atoms with van der Waals surface area (Å²) in [7, 11) is 0. The van der Waals surface area contributed by atoms with Crippen molar-refractivity contribution in [3.8, 4) is 0 Å². The van der Waals surface area contributed by atoms with Gasteiger partial charge in [-0.3, -0.25) is 4.79 Å². The van der Waals surface area contributed by atoms with Crippen molar-refractivity contribution in [1.82, 2.24) is 5.32 Å². The molecule has 1 unspecified atom stereocenters. The van der Waals surface area contributed by atoms with Gasteiger partial charge in [0.05, 0.1) is 6.10 Å². The highest BCUT2D eigenvalue weighted by Gasteiger charge is 2.53. The molecule has 1 aliphatic carbocycles. The molecule has 13 heavy (non-hydrogen) atoms. The average Bonchev–Trinajstić information content (AvgIpc) is 2.26. The largest absolute Gasteiger partial charge is 0.378 e. The molecule has 1 atom stereocenters. The fraction of sp³-hybridized carbons (Fsp3) is 0.900. The van der Waals surface area contributed by atoms with E-state index < -0.39 is 0 Å². The summed E-state index contributed by atoms with van der Waals surface area (Å²) < 4.78 is 5.51. The molecule has 0 aromatic heterocycles. The first-order chi connectivity index (χ1) is 6.16. The summed E-state index contributed by atoms with van der Waals surface area (Å²) >= 11 is 0. The second-order valence-corrected chi connectivity index (χ2v) is 4.31. The molecule has 1 amide bonds. The Morgan fingerprint density at radius 3 is 2.77 bits per heavy atom. The Hall–Kier alpha value is -0.570. The highest BCUT2D eigenvalue weighted by molar-refractivity contribution is 5.80. The number of carbonyl (C=O) groups is 1. The van der Waals surface area contributed by atoms with E-state index in [2.05, 4.69) is 12.2 Å². The summed E-state index contributed by atoms with van der Waals surface area (Å²) in [6.45, 7) is 4.91. The van der Waals surface area contributed by atoms with Gasteiger partial charge in [-0.2, -0.15) is 0 Å². The molecule has 1 saturated carbocycles. The Balaban J connectivity index is 1.92. The standard InChI is InChI=1S/C10H17NO2/c1-3-13-8-4-10(5-8)6-9(12)11-7(10)2/h7-8H,3-6H2,1-2H3,(H,11,12). The Bertz CT molecular complexity index is 221. The van der Waals surface area contributed by atoms with E-state index in [0.29, 0.717) is 18.6 Å². The molecule has 3 heteroatoms. The number of amides is 1. The third-order valence-corrected chi connectivity index (χ3v) is 3.48. The van der Waals surface area contributed by atoms with Crippen molar-refractivity contribution in [2.45, 2.75) is 45.3 Å². The van der Waals surface area contributed by atoms with Gasteiger partial charge in [-0.1, -0.05) is 0 Å². The van der Waals surface area contributed by atoms with E-state index in [0.717, 1.165) is 19.4 Å². The minimum atomic E-state index is 0.211. The van der Waals surface area contributed by atoms with E-state index in [4.69, 9.17) is 4.74 Å². The highest BCUT2D eigenvalue weighted by atomic mass is 16.5. The Kier molecular flexibility index (Phi) is 2.06. The summed E-state index contributed by atoms with van der Waals surface area (Å²) in [5.41, 5.74) is 0.233. The van der Waals surface area contributed by atoms with Crippen molar-refractivity contribution < 1.29 is 9.53 Å². The van der Waals surface area contributed by atoms with Crippen LogP contribution in [0.2, 0.25) is 0 Å². The minimum absolute atomic E-state index is 0.211. The molecule has 2 fully saturated rings. The van der Waals surface area contributed by atoms with Crippen LogP contribution in [0.1, 0.15) is 33.1 Å². The maximum atomic E-state index is 11.2. The molecule has 0 aromatic carbocycles. The van der Waals surface area contributed by atoms with Gasteiger partial charge in [0.15, 0.2) is 0 Å². The van der Waals surface area contributed by atoms with Crippen LogP contribution >= 0.6 is 0 Å². The Labute approximate surface area is 78.8 Å². The van der Waals surface area contributed by atoms with Gasteiger partial charge in [0.1, 0.15) is 0 Å². The van der Waals surface area contributed by atoms with E-state index in [9.17, 15) is 4.79 Å². The third-order valence-electron chi connectivity index (χ3n) is 3.48. The predicted octanol–water partition coefficient (Wildman–Crippen LogP) is 1.08. The zero-order valence-electron chi connectivity index (χ0n) is 8.30. The van der Waals surface area contributed by atoms with Crippen LogP contribution in [0.4, 0.5) is 0 Å². The molecule has 2 rings (SSSR count). The van der Waals surface area contributed by atoms with E-state index in [1.54, 1.807) is 0 Å². The summed E-state index contributed by atoms with van der Waals surface area (Å²) in [5.74, 6) is 0.211. The van der Waals surface area contributed by atoms with Gasteiger partial charge in [-0.05, 0) is 26.7 Å². The summed E-state index contributed by atoms with van der Waals surface area (Å²) in [5, 5.41) is 2.98. The summed E-state index contributed by atoms with van der Waals surface area (Å²) in [6.07, 6.45) is 3.22. The second kappa shape index (κ2) is 2.98. The fourth-order valence-corrected chi connectivity index (χ4v) is 2.62. The lowest BCUT2D eigenvalue weighted by atomic mass is 9.62. The number of hydrogen-bond donors (Lipinski definition) is 1. The predicted molar refractivity (Wildman–Crippen MR) is 49.3 cm³/mol. The quantitative estimate of drug-likeness (QED) is 0.695. The molecule has 1 spiro atoms. The van der Waals surface area contributed by atoms with Crippen LogP contribution in [-0.4, -0.2) is 24.7 Å². The van der Waals surface area contributed by atoms with Gasteiger partial charge >= 0.3 is 0 Å². The van der Waals surface area contributed by atoms with Gasteiger partial charge in [-0.25, -0.2) is 0 Å². The normalized spacial score (nSPS) is 43.4. The molecule has 1 N–H and O–H groups in total. The molecular formula is C10H17NO2. The maximum absolute atomic E-state index is 11.2. The molecule has 3 nitrogen and oxygen atoms in total. The van der Waals surface area contributed by atoms with E-state index in [1.807, 2.05) is 6.92 Å². The first-order valence-electron chi connectivity index (χ1n) is 5.07. The zero-order chi connectivity index (χ0) is 9.47. The molecular weight excluding hydrogens is 166 g/mol. The lowest BCUT2D eigenvalue weighted by Gasteiger charge is -2.46. The van der Waals surface area contributed by atoms with E-state index >= 15 is 0 Å². The number of carbonyl (C=O) groups excluding carboxylic acids is 1. The highest BCUT2D eigenvalue weighted by Crippen LogP contribution is 2.50. The van der Waals surface area contributed by atoms with Crippen molar-refractivity contribution in [3.63, 3.8) is 0 Å². The fourth-order valence-electron chi connectivity index (χ4n) is 2.62. The topological polar surface area (TPSA) is 38.3 Å². The van der Waals surface area contributed by atoms with Crippen molar-refractivity contribution >= 4 is 5.91 Å². The summed E-state index contributed by atoms with van der Waals surface area (Å²) in [6, 6.07) is 0.344. The van der Waals surface area contributed by atoms with Gasteiger partial charge in [0.2, 0.25) is 5.91 Å². The van der Waals surface area contributed by atoms with Crippen molar-refractivity contribution in [2.24, 2.45) is 5.41 Å². The number of rotatable bonds is 2. The molecule has 0 radical (unpaired) electrons. The van der Waals surface area contributed by atoms with Crippen molar-refractivity contribution in [3.05, 3.63) is 0 Å². The molecule has 0 bridgehead atoms. The first-order valence-corrected chi connectivity index (χ1v) is 5.07. The van der Waals surface area contributed by atoms with Crippen LogP contribution in [-0.2, 0) is 9.53 Å². The number of ether oxygens (including phenoxy) is 1. The van der Waals surface area contributed by atoms with Crippen LogP contribution in [0.5, 0.6) is 0 Å². The third kappa shape index (κ3) is 1.35. The van der Waals surface area contributed by atoms with Gasteiger partial charge < -0.3 is 10.1 Å². The molecule has 0 aromatic rings. The Morgan fingerprint density at radius 2 is 2.31 bits per heavy atom. The minimum Gasteiger partial charge on any atom is -0.378 e. The SMILES string of the molecule is CCOC1CC2(CC(=O)NC2C)C1. The monoisotopic (exact) mass is 183 g/mol. The lowest BCUT2D eigenvalue weighted by molar-refractivity contribution is -0.121. The molecule has 1 aliphatic heterocycles. The Morgan fingerprint density at radius 1 is 1.62 bits per heavy atom. The smallest absolute Gasteiger partial charge is 0.220 e. The molecule has 2 aliphatic rings. The van der Waals surface area contributed by atoms with Crippen LogP contribution in [0.3, 0.4) is 0 Å². The van der Waals surface area contributed by atoms with Crippen LogP contribution < -0.4 is 5.32 Å². The van der Waals surface area contributed by atoms with Gasteiger partial charge in [0, 0.05) is 24.5 Å². The van der Waals surface area contributed by atoms with Crippen molar-refractivity contribution in [2.75, 3.05) is 6.61 Å². The molecule has 1 saturated heterocycles. The lowest BCUT2D eigenvalue weighted by Crippen LogP contribution is -2.48. The maximum Gasteiger partial charge on any atom is 0.220 e. The average molecular weight is 183 g/mol. The second-order valence-electron chi connectivity index (χ2n) is 4.31. The van der Waals surface area contributed by atoms with Gasteiger partial charge in [0.25, 0.3) is 0 Å². The van der Waals surface area contributed by atoms with Gasteiger partial charge in [-0.15, -0.1) is 0 Å². The van der Waals surface area contributed by atoms with E-state index in [-0.39, 0.29) is 11.3 Å². The number of nitrogens with one attached hydrogen (secondary N) is 1. The van der Waals surface area contributed by atoms with Crippen LogP contribution in [0.25, 0.3) is 0 Å². The zero-order valence-corrected chi connectivity index (χ0v) is 8.30. The molecule has 1 heterocycles. The van der Waals surface area contributed by atoms with Crippen LogP contribution in [0, 0.1) is 5.41 Å². The van der Waals surface area contributed by atoms with Crippen molar-refractivity contribution in [1.29, 1.82) is 0 Å². The first kappa shape index (κ1) is 9.00. The summed E-state index contributed by atoms with van der Waals surface area (Å²) in [4.78, 5) is 11.2.